The summed E-state index contributed by atoms with van der Waals surface area (Å²) >= 11 is 0. The van der Waals surface area contributed by atoms with Gasteiger partial charge < -0.3 is 14.6 Å². The van der Waals surface area contributed by atoms with Gasteiger partial charge in [0.1, 0.15) is 12.2 Å². The van der Waals surface area contributed by atoms with Gasteiger partial charge in [0.25, 0.3) is 0 Å². The van der Waals surface area contributed by atoms with Crippen LogP contribution in [0.1, 0.15) is 98.8 Å². The summed E-state index contributed by atoms with van der Waals surface area (Å²) in [7, 11) is 0. The molecule has 0 saturated heterocycles. The van der Waals surface area contributed by atoms with E-state index in [4.69, 9.17) is 9.47 Å². The lowest BCUT2D eigenvalue weighted by Gasteiger charge is -2.37. The Kier molecular flexibility index (Phi) is 9.27. The molecule has 0 bridgehead atoms. The highest BCUT2D eigenvalue weighted by Gasteiger charge is 2.31. The molecule has 2 aliphatic carbocycles. The Morgan fingerprint density at radius 1 is 1.00 bits per heavy atom. The molecule has 0 radical (unpaired) electrons. The zero-order chi connectivity index (χ0) is 20.7. The minimum Gasteiger partial charge on any atom is -0.458 e. The molecular formula is C24H44O4. The van der Waals surface area contributed by atoms with Crippen molar-refractivity contribution in [3.8, 4) is 0 Å². The van der Waals surface area contributed by atoms with Crippen molar-refractivity contribution < 1.29 is 19.4 Å². The summed E-state index contributed by atoms with van der Waals surface area (Å²) in [6, 6.07) is 0. The van der Waals surface area contributed by atoms with Crippen LogP contribution in [-0.4, -0.2) is 35.5 Å². The number of aliphatic hydroxyl groups is 1. The third-order valence-corrected chi connectivity index (χ3v) is 6.99. The van der Waals surface area contributed by atoms with E-state index in [1.165, 1.54) is 38.5 Å². The minimum atomic E-state index is -0.445. The maximum atomic E-state index is 11.8. The monoisotopic (exact) mass is 396 g/mol. The lowest BCUT2D eigenvalue weighted by Crippen LogP contribution is -2.31. The van der Waals surface area contributed by atoms with Crippen molar-refractivity contribution in [2.24, 2.45) is 23.7 Å². The van der Waals surface area contributed by atoms with Crippen LogP contribution in [0.25, 0.3) is 0 Å². The van der Waals surface area contributed by atoms with Crippen LogP contribution in [0.5, 0.6) is 0 Å². The highest BCUT2D eigenvalue weighted by atomic mass is 16.6. The van der Waals surface area contributed by atoms with E-state index < -0.39 is 5.60 Å². The third-order valence-electron chi connectivity index (χ3n) is 6.99. The van der Waals surface area contributed by atoms with Crippen molar-refractivity contribution in [1.29, 1.82) is 0 Å². The van der Waals surface area contributed by atoms with E-state index in [-0.39, 0.29) is 24.8 Å². The fraction of sp³-hybridized carbons (Fsp3) is 0.958. The zero-order valence-corrected chi connectivity index (χ0v) is 18.9. The Bertz CT molecular complexity index is 454. The smallest absolute Gasteiger partial charge is 0.332 e. The van der Waals surface area contributed by atoms with Gasteiger partial charge >= 0.3 is 5.97 Å². The predicted octanol–water partition coefficient (Wildman–Crippen LogP) is 5.51. The Morgan fingerprint density at radius 2 is 1.57 bits per heavy atom. The topological polar surface area (TPSA) is 55.8 Å². The molecule has 164 valence electrons. The lowest BCUT2D eigenvalue weighted by atomic mass is 9.70. The van der Waals surface area contributed by atoms with Crippen LogP contribution < -0.4 is 0 Å². The number of hydrogen-bond acceptors (Lipinski definition) is 4. The second-order valence-electron chi connectivity index (χ2n) is 10.4. The molecule has 2 unspecified atom stereocenters. The van der Waals surface area contributed by atoms with E-state index in [9.17, 15) is 9.90 Å². The van der Waals surface area contributed by atoms with Crippen LogP contribution in [0.15, 0.2) is 0 Å². The van der Waals surface area contributed by atoms with Crippen molar-refractivity contribution in [3.05, 3.63) is 0 Å². The van der Waals surface area contributed by atoms with Crippen molar-refractivity contribution in [2.75, 3.05) is 6.61 Å². The number of hydrogen-bond donors (Lipinski definition) is 1. The lowest BCUT2D eigenvalue weighted by molar-refractivity contribution is -0.163. The maximum absolute atomic E-state index is 11.8. The molecule has 0 aliphatic heterocycles. The SMILES string of the molecule is CCC(CC(C)C1CCC(OCC(=O)OC(C)(C)C)CC1)C1CCC(O)CC1. The summed E-state index contributed by atoms with van der Waals surface area (Å²) in [6.07, 6.45) is 11.7. The molecule has 1 N–H and O–H groups in total. The number of esters is 1. The molecule has 2 aliphatic rings. The molecule has 4 nitrogen and oxygen atoms in total. The standard InChI is InChI=1S/C24H44O4/c1-6-18(20-7-11-21(25)12-8-20)15-17(2)19-9-13-22(14-10-19)27-16-23(26)28-24(3,4)5/h17-22,25H,6-16H2,1-5H3. The molecule has 0 heterocycles. The van der Waals surface area contributed by atoms with Gasteiger partial charge in [-0.2, -0.15) is 0 Å². The first-order valence-corrected chi connectivity index (χ1v) is 11.7. The average Bonchev–Trinajstić information content (AvgIpc) is 2.64. The minimum absolute atomic E-state index is 0.0536. The first kappa shape index (κ1) is 23.7. The van der Waals surface area contributed by atoms with Crippen LogP contribution in [0.4, 0.5) is 0 Å². The van der Waals surface area contributed by atoms with Gasteiger partial charge in [-0.05, 0) is 102 Å². The molecule has 28 heavy (non-hydrogen) atoms. The highest BCUT2D eigenvalue weighted by molar-refractivity contribution is 5.71. The van der Waals surface area contributed by atoms with Crippen LogP contribution in [0, 0.1) is 23.7 Å². The molecule has 2 atom stereocenters. The van der Waals surface area contributed by atoms with Crippen molar-refractivity contribution in [3.63, 3.8) is 0 Å². The van der Waals surface area contributed by atoms with Crippen molar-refractivity contribution in [1.82, 2.24) is 0 Å². The largest absolute Gasteiger partial charge is 0.458 e. The fourth-order valence-electron chi connectivity index (χ4n) is 5.32. The molecule has 2 rings (SSSR count). The Balaban J connectivity index is 1.69. The van der Waals surface area contributed by atoms with E-state index in [1.54, 1.807) is 0 Å². The van der Waals surface area contributed by atoms with Gasteiger partial charge in [0.05, 0.1) is 12.2 Å². The van der Waals surface area contributed by atoms with E-state index in [2.05, 4.69) is 13.8 Å². The van der Waals surface area contributed by atoms with Crippen molar-refractivity contribution in [2.45, 2.75) is 117 Å². The summed E-state index contributed by atoms with van der Waals surface area (Å²) in [4.78, 5) is 11.8. The number of aliphatic hydroxyl groups excluding tert-OH is 1. The maximum Gasteiger partial charge on any atom is 0.332 e. The average molecular weight is 397 g/mol. The molecular weight excluding hydrogens is 352 g/mol. The van der Waals surface area contributed by atoms with Crippen molar-refractivity contribution >= 4 is 5.97 Å². The zero-order valence-electron chi connectivity index (χ0n) is 18.9. The summed E-state index contributed by atoms with van der Waals surface area (Å²) in [5.41, 5.74) is -0.445. The second-order valence-corrected chi connectivity index (χ2v) is 10.4. The summed E-state index contributed by atoms with van der Waals surface area (Å²) < 4.78 is 11.2. The van der Waals surface area contributed by atoms with Crippen LogP contribution in [-0.2, 0) is 14.3 Å². The number of carbonyl (C=O) groups excluding carboxylic acids is 1. The van der Waals surface area contributed by atoms with E-state index >= 15 is 0 Å². The Hall–Kier alpha value is -0.610. The van der Waals surface area contributed by atoms with E-state index in [1.807, 2.05) is 20.8 Å². The van der Waals surface area contributed by atoms with E-state index in [0.29, 0.717) is 0 Å². The summed E-state index contributed by atoms with van der Waals surface area (Å²) in [5, 5.41) is 9.78. The molecule has 0 aromatic carbocycles. The van der Waals surface area contributed by atoms with Gasteiger partial charge in [-0.15, -0.1) is 0 Å². The van der Waals surface area contributed by atoms with Crippen LogP contribution in [0.2, 0.25) is 0 Å². The van der Waals surface area contributed by atoms with Crippen LogP contribution >= 0.6 is 0 Å². The second kappa shape index (κ2) is 11.0. The van der Waals surface area contributed by atoms with Gasteiger partial charge in [-0.3, -0.25) is 0 Å². The van der Waals surface area contributed by atoms with E-state index in [0.717, 1.165) is 49.4 Å². The Morgan fingerprint density at radius 3 is 2.11 bits per heavy atom. The molecule has 2 fully saturated rings. The molecule has 2 saturated carbocycles. The Labute approximate surface area is 172 Å². The first-order valence-electron chi connectivity index (χ1n) is 11.7. The molecule has 0 aromatic heterocycles. The number of ether oxygens (including phenoxy) is 2. The van der Waals surface area contributed by atoms with Gasteiger partial charge in [0.2, 0.25) is 0 Å². The van der Waals surface area contributed by atoms with Gasteiger partial charge in [0, 0.05) is 0 Å². The molecule has 0 amide bonds. The quantitative estimate of drug-likeness (QED) is 0.550. The number of carbonyl (C=O) groups is 1. The fourth-order valence-corrected chi connectivity index (χ4v) is 5.32. The molecule has 0 spiro atoms. The van der Waals surface area contributed by atoms with Gasteiger partial charge in [0.15, 0.2) is 0 Å². The summed E-state index contributed by atoms with van der Waals surface area (Å²) in [5.74, 6) is 2.90. The highest BCUT2D eigenvalue weighted by Crippen LogP contribution is 2.40. The predicted molar refractivity (Wildman–Crippen MR) is 113 cm³/mol. The third kappa shape index (κ3) is 8.02. The van der Waals surface area contributed by atoms with Crippen LogP contribution in [0.3, 0.4) is 0 Å². The first-order chi connectivity index (χ1) is 13.2. The molecule has 0 aromatic rings. The normalized spacial score (nSPS) is 31.2. The van der Waals surface area contributed by atoms with Gasteiger partial charge in [-0.1, -0.05) is 20.3 Å². The summed E-state index contributed by atoms with van der Waals surface area (Å²) in [6.45, 7) is 10.5. The van der Waals surface area contributed by atoms with Gasteiger partial charge in [-0.25, -0.2) is 4.79 Å². The number of rotatable bonds is 8. The molecule has 4 heteroatoms.